The predicted molar refractivity (Wildman–Crippen MR) is 53.7 cm³/mol. The van der Waals surface area contributed by atoms with Gasteiger partial charge in [-0.25, -0.2) is 5.01 Å². The number of carbonyl (C=O) groups excluding carboxylic acids is 1. The second kappa shape index (κ2) is 6.75. The molecule has 2 N–H and O–H groups in total. The van der Waals surface area contributed by atoms with Crippen LogP contribution in [0.5, 0.6) is 0 Å². The summed E-state index contributed by atoms with van der Waals surface area (Å²) in [7, 11) is 0. The number of hydrogen-bond acceptors (Lipinski definition) is 4. The van der Waals surface area contributed by atoms with E-state index in [0.717, 1.165) is 26.3 Å². The fourth-order valence-corrected chi connectivity index (χ4v) is 1.33. The predicted octanol–water partition coefficient (Wildman–Crippen LogP) is -0.651. The lowest BCUT2D eigenvalue weighted by molar-refractivity contribution is -0.121. The van der Waals surface area contributed by atoms with Gasteiger partial charge in [-0.3, -0.25) is 10.2 Å². The fourth-order valence-electron chi connectivity index (χ4n) is 1.33. The van der Waals surface area contributed by atoms with E-state index in [0.29, 0.717) is 19.5 Å². The highest BCUT2D eigenvalue weighted by atomic mass is 16.5. The Morgan fingerprint density at radius 2 is 2.14 bits per heavy atom. The molecule has 1 saturated heterocycles. The first-order valence-electron chi connectivity index (χ1n) is 5.16. The van der Waals surface area contributed by atoms with Crippen molar-refractivity contribution >= 4 is 5.91 Å². The molecule has 0 aromatic heterocycles. The van der Waals surface area contributed by atoms with Gasteiger partial charge in [0.05, 0.1) is 13.2 Å². The molecular weight excluding hydrogens is 182 g/mol. The Hall–Kier alpha value is -0.650. The molecule has 1 aliphatic rings. The summed E-state index contributed by atoms with van der Waals surface area (Å²) < 4.78 is 5.20. The van der Waals surface area contributed by atoms with E-state index >= 15 is 0 Å². The van der Waals surface area contributed by atoms with Crippen molar-refractivity contribution in [2.75, 3.05) is 39.4 Å². The van der Waals surface area contributed by atoms with Crippen molar-refractivity contribution in [2.24, 2.45) is 0 Å². The Balaban J connectivity index is 1.99. The minimum absolute atomic E-state index is 0.105. The van der Waals surface area contributed by atoms with Gasteiger partial charge in [-0.2, -0.15) is 0 Å². The lowest BCUT2D eigenvalue weighted by Gasteiger charge is -2.27. The van der Waals surface area contributed by atoms with E-state index in [1.807, 2.05) is 6.92 Å². The van der Waals surface area contributed by atoms with Crippen LogP contribution in [0.25, 0.3) is 0 Å². The largest absolute Gasteiger partial charge is 0.379 e. The molecule has 82 valence electrons. The molecule has 0 unspecified atom stereocenters. The number of hydrazine groups is 1. The number of nitrogens with zero attached hydrogens (tertiary/aromatic N) is 1. The van der Waals surface area contributed by atoms with E-state index in [2.05, 4.69) is 15.8 Å². The van der Waals surface area contributed by atoms with E-state index in [-0.39, 0.29) is 5.91 Å². The Bertz CT molecular complexity index is 169. The second-order valence-corrected chi connectivity index (χ2v) is 3.21. The zero-order valence-corrected chi connectivity index (χ0v) is 8.71. The van der Waals surface area contributed by atoms with Gasteiger partial charge >= 0.3 is 0 Å². The van der Waals surface area contributed by atoms with Crippen molar-refractivity contribution in [1.29, 1.82) is 0 Å². The highest BCUT2D eigenvalue weighted by Gasteiger charge is 2.09. The molecule has 1 heterocycles. The van der Waals surface area contributed by atoms with Gasteiger partial charge in [-0.05, 0) is 6.92 Å². The van der Waals surface area contributed by atoms with Crippen LogP contribution < -0.4 is 10.7 Å². The van der Waals surface area contributed by atoms with Gasteiger partial charge in [0.15, 0.2) is 0 Å². The summed E-state index contributed by atoms with van der Waals surface area (Å²) in [6.07, 6.45) is 0.533. The number of amides is 1. The molecule has 5 nitrogen and oxygen atoms in total. The minimum Gasteiger partial charge on any atom is -0.379 e. The van der Waals surface area contributed by atoms with Crippen LogP contribution in [0.3, 0.4) is 0 Å². The summed E-state index contributed by atoms with van der Waals surface area (Å²) >= 11 is 0. The Kier molecular flexibility index (Phi) is 5.51. The summed E-state index contributed by atoms with van der Waals surface area (Å²) in [4.78, 5) is 11.1. The van der Waals surface area contributed by atoms with E-state index in [9.17, 15) is 4.79 Å². The van der Waals surface area contributed by atoms with Crippen LogP contribution in [0.2, 0.25) is 0 Å². The number of carbonyl (C=O) groups is 1. The lowest BCUT2D eigenvalue weighted by Crippen LogP contribution is -2.46. The van der Waals surface area contributed by atoms with Crippen LogP contribution in [0.4, 0.5) is 0 Å². The number of nitrogens with one attached hydrogen (secondary N) is 2. The molecule has 0 spiro atoms. The molecule has 0 aromatic rings. The van der Waals surface area contributed by atoms with Crippen molar-refractivity contribution in [2.45, 2.75) is 13.3 Å². The molecule has 0 bridgehead atoms. The number of morpholine rings is 1. The molecule has 1 amide bonds. The molecule has 1 fully saturated rings. The van der Waals surface area contributed by atoms with Gasteiger partial charge < -0.3 is 10.1 Å². The van der Waals surface area contributed by atoms with Gasteiger partial charge in [0, 0.05) is 32.6 Å². The average Bonchev–Trinajstić information content (AvgIpc) is 2.20. The molecule has 14 heavy (non-hydrogen) atoms. The molecular formula is C9H19N3O2. The Morgan fingerprint density at radius 3 is 2.79 bits per heavy atom. The standard InChI is InChI=1S/C9H19N3O2/c1-2-10-9(13)3-4-11-12-5-7-14-8-6-12/h11H,2-8H2,1H3,(H,10,13). The van der Waals surface area contributed by atoms with Crippen LogP contribution in [0.15, 0.2) is 0 Å². The molecule has 0 aromatic carbocycles. The topological polar surface area (TPSA) is 53.6 Å². The fraction of sp³-hybridized carbons (Fsp3) is 0.889. The van der Waals surface area contributed by atoms with Gasteiger partial charge in [0.2, 0.25) is 5.91 Å². The van der Waals surface area contributed by atoms with Crippen LogP contribution in [-0.2, 0) is 9.53 Å². The van der Waals surface area contributed by atoms with Gasteiger partial charge in [-0.15, -0.1) is 0 Å². The number of hydrogen-bond donors (Lipinski definition) is 2. The van der Waals surface area contributed by atoms with Crippen molar-refractivity contribution < 1.29 is 9.53 Å². The second-order valence-electron chi connectivity index (χ2n) is 3.21. The smallest absolute Gasteiger partial charge is 0.221 e. The summed E-state index contributed by atoms with van der Waals surface area (Å²) in [6.45, 7) is 6.67. The van der Waals surface area contributed by atoms with E-state index in [4.69, 9.17) is 4.74 Å². The maximum atomic E-state index is 11.1. The minimum atomic E-state index is 0.105. The van der Waals surface area contributed by atoms with Crippen LogP contribution in [0.1, 0.15) is 13.3 Å². The summed E-state index contributed by atoms with van der Waals surface area (Å²) in [5, 5.41) is 4.86. The van der Waals surface area contributed by atoms with Crippen molar-refractivity contribution in [1.82, 2.24) is 15.8 Å². The molecule has 0 radical (unpaired) electrons. The first kappa shape index (κ1) is 11.4. The zero-order chi connectivity index (χ0) is 10.2. The van der Waals surface area contributed by atoms with Crippen LogP contribution >= 0.6 is 0 Å². The number of rotatable bonds is 5. The zero-order valence-electron chi connectivity index (χ0n) is 8.71. The highest BCUT2D eigenvalue weighted by molar-refractivity contribution is 5.75. The molecule has 1 aliphatic heterocycles. The monoisotopic (exact) mass is 201 g/mol. The summed E-state index contributed by atoms with van der Waals surface area (Å²) in [6, 6.07) is 0. The molecule has 1 rings (SSSR count). The van der Waals surface area contributed by atoms with Gasteiger partial charge in [0.25, 0.3) is 0 Å². The molecule has 5 heteroatoms. The maximum Gasteiger partial charge on any atom is 0.221 e. The number of ether oxygens (including phenoxy) is 1. The van der Waals surface area contributed by atoms with E-state index < -0.39 is 0 Å². The lowest BCUT2D eigenvalue weighted by atomic mass is 10.4. The first-order chi connectivity index (χ1) is 6.83. The van der Waals surface area contributed by atoms with Crippen molar-refractivity contribution in [3.05, 3.63) is 0 Å². The third-order valence-electron chi connectivity index (χ3n) is 2.07. The van der Waals surface area contributed by atoms with Crippen LogP contribution in [-0.4, -0.2) is 50.3 Å². The Morgan fingerprint density at radius 1 is 1.43 bits per heavy atom. The molecule has 0 saturated carbocycles. The molecule has 0 atom stereocenters. The average molecular weight is 201 g/mol. The quantitative estimate of drug-likeness (QED) is 0.620. The molecule has 0 aliphatic carbocycles. The maximum absolute atomic E-state index is 11.1. The van der Waals surface area contributed by atoms with Gasteiger partial charge in [0.1, 0.15) is 0 Å². The first-order valence-corrected chi connectivity index (χ1v) is 5.16. The summed E-state index contributed by atoms with van der Waals surface area (Å²) in [5.74, 6) is 0.105. The third kappa shape index (κ3) is 4.55. The third-order valence-corrected chi connectivity index (χ3v) is 2.07. The highest BCUT2D eigenvalue weighted by Crippen LogP contribution is 1.92. The van der Waals surface area contributed by atoms with Crippen molar-refractivity contribution in [3.8, 4) is 0 Å². The van der Waals surface area contributed by atoms with Gasteiger partial charge in [-0.1, -0.05) is 0 Å². The SMILES string of the molecule is CCNC(=O)CCNN1CCOCC1. The van der Waals surface area contributed by atoms with E-state index in [1.165, 1.54) is 0 Å². The normalized spacial score (nSPS) is 18.1. The van der Waals surface area contributed by atoms with E-state index in [1.54, 1.807) is 0 Å². The Labute approximate surface area is 84.8 Å². The van der Waals surface area contributed by atoms with Crippen LogP contribution in [0, 0.1) is 0 Å². The summed E-state index contributed by atoms with van der Waals surface area (Å²) in [5.41, 5.74) is 3.20. The van der Waals surface area contributed by atoms with Crippen molar-refractivity contribution in [3.63, 3.8) is 0 Å².